The van der Waals surface area contributed by atoms with Crippen LogP contribution in [0.2, 0.25) is 0 Å². The van der Waals surface area contributed by atoms with Crippen molar-refractivity contribution in [3.8, 4) is 0 Å². The first-order chi connectivity index (χ1) is 6.68. The number of rotatable bonds is 4. The Hall–Kier alpha value is -1.12. The van der Waals surface area contributed by atoms with Crippen LogP contribution in [0.25, 0.3) is 6.08 Å². The summed E-state index contributed by atoms with van der Waals surface area (Å²) in [6.45, 7) is 1.67. The normalized spacial score (nSPS) is 15.6. The maximum atomic E-state index is 9.43. The van der Waals surface area contributed by atoms with Crippen molar-refractivity contribution in [2.24, 2.45) is 0 Å². The predicted octanol–water partition coefficient (Wildman–Crippen LogP) is 1.83. The average Bonchev–Trinajstić information content (AvgIpc) is 2.15. The summed E-state index contributed by atoms with van der Waals surface area (Å²) in [5, 5.41) is 18.5. The van der Waals surface area contributed by atoms with Crippen molar-refractivity contribution in [2.45, 2.75) is 25.6 Å². The van der Waals surface area contributed by atoms with Gasteiger partial charge in [-0.15, -0.1) is 0 Å². The fraction of sp³-hybridized carbons (Fsp3) is 0.333. The molecule has 0 spiro atoms. The van der Waals surface area contributed by atoms with Crippen molar-refractivity contribution < 1.29 is 10.2 Å². The molecule has 1 aromatic carbocycles. The largest absolute Gasteiger partial charge is 0.393 e. The molecule has 0 aliphatic rings. The maximum absolute atomic E-state index is 9.43. The summed E-state index contributed by atoms with van der Waals surface area (Å²) in [5.41, 5.74) is 1.05. The third-order valence-electron chi connectivity index (χ3n) is 1.89. The first-order valence-electron chi connectivity index (χ1n) is 4.78. The van der Waals surface area contributed by atoms with Crippen molar-refractivity contribution in [2.75, 3.05) is 0 Å². The van der Waals surface area contributed by atoms with Crippen molar-refractivity contribution in [3.05, 3.63) is 42.0 Å². The molecule has 2 nitrogen and oxygen atoms in total. The van der Waals surface area contributed by atoms with Gasteiger partial charge in [0.05, 0.1) is 12.2 Å². The van der Waals surface area contributed by atoms with Gasteiger partial charge in [0.1, 0.15) is 0 Å². The molecule has 0 saturated carbocycles. The Bertz CT molecular complexity index is 278. The van der Waals surface area contributed by atoms with Crippen molar-refractivity contribution >= 4 is 6.08 Å². The molecule has 0 aliphatic heterocycles. The molecule has 0 heterocycles. The molecule has 2 heteroatoms. The minimum absolute atomic E-state index is 0.378. The third-order valence-corrected chi connectivity index (χ3v) is 1.89. The highest BCUT2D eigenvalue weighted by Crippen LogP contribution is 2.05. The first kappa shape index (κ1) is 11.0. The Balaban J connectivity index is 2.48. The number of hydrogen-bond donors (Lipinski definition) is 2. The van der Waals surface area contributed by atoms with Crippen LogP contribution in [0, 0.1) is 0 Å². The van der Waals surface area contributed by atoms with E-state index in [1.54, 1.807) is 13.0 Å². The molecular formula is C12H16O2. The quantitative estimate of drug-likeness (QED) is 0.764. The lowest BCUT2D eigenvalue weighted by Crippen LogP contribution is -2.11. The molecule has 0 radical (unpaired) electrons. The highest BCUT2D eigenvalue weighted by atomic mass is 16.3. The molecule has 0 fully saturated rings. The molecule has 0 aromatic heterocycles. The highest BCUT2D eigenvalue weighted by molar-refractivity contribution is 5.49. The van der Waals surface area contributed by atoms with Gasteiger partial charge in [0.25, 0.3) is 0 Å². The van der Waals surface area contributed by atoms with Crippen LogP contribution in [-0.2, 0) is 0 Å². The van der Waals surface area contributed by atoms with E-state index >= 15 is 0 Å². The summed E-state index contributed by atoms with van der Waals surface area (Å²) in [4.78, 5) is 0. The fourth-order valence-electron chi connectivity index (χ4n) is 1.21. The predicted molar refractivity (Wildman–Crippen MR) is 57.8 cm³/mol. The summed E-state index contributed by atoms with van der Waals surface area (Å²) >= 11 is 0. The van der Waals surface area contributed by atoms with E-state index in [1.807, 2.05) is 36.4 Å². The summed E-state index contributed by atoms with van der Waals surface area (Å²) in [6.07, 6.45) is 2.89. The average molecular weight is 192 g/mol. The van der Waals surface area contributed by atoms with Crippen LogP contribution in [0.4, 0.5) is 0 Å². The first-order valence-corrected chi connectivity index (χ1v) is 4.78. The lowest BCUT2D eigenvalue weighted by molar-refractivity contribution is 0.117. The zero-order chi connectivity index (χ0) is 10.4. The van der Waals surface area contributed by atoms with Crippen LogP contribution >= 0.6 is 0 Å². The molecule has 2 N–H and O–H groups in total. The van der Waals surface area contributed by atoms with Gasteiger partial charge in [0.15, 0.2) is 0 Å². The van der Waals surface area contributed by atoms with Crippen LogP contribution in [-0.4, -0.2) is 22.4 Å². The van der Waals surface area contributed by atoms with Gasteiger partial charge in [-0.3, -0.25) is 0 Å². The molecular weight excluding hydrogens is 176 g/mol. The second-order valence-corrected chi connectivity index (χ2v) is 3.42. The summed E-state index contributed by atoms with van der Waals surface area (Å²) in [7, 11) is 0. The Kier molecular flexibility index (Phi) is 4.36. The van der Waals surface area contributed by atoms with Crippen LogP contribution in [0.3, 0.4) is 0 Å². The molecule has 0 saturated heterocycles. The van der Waals surface area contributed by atoms with E-state index in [-0.39, 0.29) is 0 Å². The number of aliphatic hydroxyl groups is 2. The van der Waals surface area contributed by atoms with E-state index in [4.69, 9.17) is 5.11 Å². The van der Waals surface area contributed by atoms with Gasteiger partial charge in [-0.25, -0.2) is 0 Å². The van der Waals surface area contributed by atoms with Crippen LogP contribution in [0.1, 0.15) is 18.9 Å². The summed E-state index contributed by atoms with van der Waals surface area (Å²) in [5.74, 6) is 0. The van der Waals surface area contributed by atoms with Gasteiger partial charge in [-0.2, -0.15) is 0 Å². The standard InChI is InChI=1S/C12H16O2/c1-10(13)9-12(14)8-7-11-5-3-2-4-6-11/h2-8,10,12-14H,9H2,1H3. The smallest absolute Gasteiger partial charge is 0.0748 e. The Morgan fingerprint density at radius 2 is 1.86 bits per heavy atom. The molecule has 1 rings (SSSR count). The lowest BCUT2D eigenvalue weighted by atomic mass is 10.1. The minimum Gasteiger partial charge on any atom is -0.393 e. The number of hydrogen-bond acceptors (Lipinski definition) is 2. The molecule has 14 heavy (non-hydrogen) atoms. The zero-order valence-electron chi connectivity index (χ0n) is 8.30. The molecule has 2 unspecified atom stereocenters. The maximum Gasteiger partial charge on any atom is 0.0748 e. The Labute approximate surface area is 84.5 Å². The molecule has 0 amide bonds. The number of aliphatic hydroxyl groups excluding tert-OH is 2. The van der Waals surface area contributed by atoms with Crippen molar-refractivity contribution in [3.63, 3.8) is 0 Å². The van der Waals surface area contributed by atoms with E-state index in [2.05, 4.69) is 0 Å². The van der Waals surface area contributed by atoms with E-state index in [9.17, 15) is 5.11 Å². The summed E-state index contributed by atoms with van der Waals surface area (Å²) in [6, 6.07) is 9.77. The van der Waals surface area contributed by atoms with Gasteiger partial charge in [-0.05, 0) is 12.5 Å². The van der Waals surface area contributed by atoms with Gasteiger partial charge < -0.3 is 10.2 Å². The second kappa shape index (κ2) is 5.58. The lowest BCUT2D eigenvalue weighted by Gasteiger charge is -2.07. The summed E-state index contributed by atoms with van der Waals surface area (Å²) < 4.78 is 0. The van der Waals surface area contributed by atoms with Gasteiger partial charge >= 0.3 is 0 Å². The topological polar surface area (TPSA) is 40.5 Å². The van der Waals surface area contributed by atoms with Crippen LogP contribution < -0.4 is 0 Å². The molecule has 0 bridgehead atoms. The van der Waals surface area contributed by atoms with Crippen molar-refractivity contribution in [1.82, 2.24) is 0 Å². The minimum atomic E-state index is -0.574. The third kappa shape index (κ3) is 4.21. The van der Waals surface area contributed by atoms with Gasteiger partial charge in [0.2, 0.25) is 0 Å². The second-order valence-electron chi connectivity index (χ2n) is 3.42. The Morgan fingerprint density at radius 1 is 1.21 bits per heavy atom. The zero-order valence-corrected chi connectivity index (χ0v) is 8.30. The molecule has 2 atom stereocenters. The molecule has 1 aromatic rings. The van der Waals surface area contributed by atoms with Gasteiger partial charge in [-0.1, -0.05) is 42.5 Å². The SMILES string of the molecule is CC(O)CC(O)C=Cc1ccccc1. The van der Waals surface area contributed by atoms with Crippen LogP contribution in [0.5, 0.6) is 0 Å². The monoisotopic (exact) mass is 192 g/mol. The van der Waals surface area contributed by atoms with E-state index in [1.165, 1.54) is 0 Å². The highest BCUT2D eigenvalue weighted by Gasteiger charge is 2.02. The molecule has 0 aliphatic carbocycles. The van der Waals surface area contributed by atoms with Gasteiger partial charge in [0, 0.05) is 6.42 Å². The number of benzene rings is 1. The van der Waals surface area contributed by atoms with Crippen molar-refractivity contribution in [1.29, 1.82) is 0 Å². The molecule has 76 valence electrons. The van der Waals surface area contributed by atoms with E-state index < -0.39 is 12.2 Å². The van der Waals surface area contributed by atoms with E-state index in [0.717, 1.165) is 5.56 Å². The fourth-order valence-corrected chi connectivity index (χ4v) is 1.21. The van der Waals surface area contributed by atoms with E-state index in [0.29, 0.717) is 6.42 Å². The van der Waals surface area contributed by atoms with Crippen LogP contribution in [0.15, 0.2) is 36.4 Å². The Morgan fingerprint density at radius 3 is 2.43 bits per heavy atom.